The predicted molar refractivity (Wildman–Crippen MR) is 78.7 cm³/mol. The fourth-order valence-corrected chi connectivity index (χ4v) is 3.12. The average Bonchev–Trinajstić information content (AvgIpc) is 2.87. The molecule has 110 valence electrons. The van der Waals surface area contributed by atoms with Crippen molar-refractivity contribution in [1.82, 2.24) is 15.6 Å². The van der Waals surface area contributed by atoms with Gasteiger partial charge in [-0.05, 0) is 19.8 Å². The van der Waals surface area contributed by atoms with E-state index in [1.807, 2.05) is 12.3 Å². The van der Waals surface area contributed by atoms with E-state index in [1.54, 1.807) is 4.90 Å². The van der Waals surface area contributed by atoms with Gasteiger partial charge in [-0.1, -0.05) is 0 Å². The van der Waals surface area contributed by atoms with E-state index in [0.717, 1.165) is 25.1 Å². The Balaban J connectivity index is 1.92. The summed E-state index contributed by atoms with van der Waals surface area (Å²) < 4.78 is 0. The number of hydrogen-bond acceptors (Lipinski definition) is 5. The summed E-state index contributed by atoms with van der Waals surface area (Å²) >= 11 is 1.45. The molecule has 1 aliphatic rings. The van der Waals surface area contributed by atoms with Crippen molar-refractivity contribution in [2.75, 3.05) is 18.0 Å². The number of nitrogens with zero attached hydrogens (tertiary/aromatic N) is 2. The smallest absolute Gasteiger partial charge is 0.237 e. The van der Waals surface area contributed by atoms with E-state index < -0.39 is 0 Å². The number of thiazole rings is 1. The fraction of sp³-hybridized carbons (Fsp3) is 0.615. The zero-order valence-electron chi connectivity index (χ0n) is 11.8. The first-order valence-electron chi connectivity index (χ1n) is 6.85. The van der Waals surface area contributed by atoms with Gasteiger partial charge in [0.2, 0.25) is 11.8 Å². The maximum Gasteiger partial charge on any atom is 0.237 e. The van der Waals surface area contributed by atoms with E-state index in [0.29, 0.717) is 18.2 Å². The van der Waals surface area contributed by atoms with Crippen molar-refractivity contribution < 1.29 is 9.59 Å². The molecule has 0 aliphatic carbocycles. The van der Waals surface area contributed by atoms with Crippen molar-refractivity contribution >= 4 is 28.3 Å². The van der Waals surface area contributed by atoms with Crippen LogP contribution in [0.5, 0.6) is 0 Å². The summed E-state index contributed by atoms with van der Waals surface area (Å²) in [6, 6.07) is -0.135. The van der Waals surface area contributed by atoms with Crippen molar-refractivity contribution in [2.45, 2.75) is 39.3 Å². The summed E-state index contributed by atoms with van der Waals surface area (Å²) in [7, 11) is 0. The highest BCUT2D eigenvalue weighted by Gasteiger charge is 2.21. The first kappa shape index (κ1) is 14.9. The number of carbonyl (C=O) groups excluding carboxylic acids is 2. The highest BCUT2D eigenvalue weighted by molar-refractivity contribution is 7.14. The molecule has 6 nitrogen and oxygen atoms in total. The predicted octanol–water partition coefficient (Wildman–Crippen LogP) is 0.884. The topological polar surface area (TPSA) is 74.3 Å². The summed E-state index contributed by atoms with van der Waals surface area (Å²) in [5.74, 6) is 0.0543. The molecule has 1 atom stereocenters. The van der Waals surface area contributed by atoms with Crippen molar-refractivity contribution in [1.29, 1.82) is 0 Å². The van der Waals surface area contributed by atoms with Crippen LogP contribution in [0.2, 0.25) is 0 Å². The lowest BCUT2D eigenvalue weighted by Gasteiger charge is -2.22. The third kappa shape index (κ3) is 3.55. The second-order valence-corrected chi connectivity index (χ2v) is 5.59. The zero-order valence-corrected chi connectivity index (χ0v) is 12.6. The third-order valence-electron chi connectivity index (χ3n) is 3.28. The lowest BCUT2D eigenvalue weighted by molar-refractivity contribution is -0.124. The minimum Gasteiger partial charge on any atom is -0.355 e. The summed E-state index contributed by atoms with van der Waals surface area (Å²) in [5.41, 5.74) is 0.864. The van der Waals surface area contributed by atoms with Gasteiger partial charge in [0.1, 0.15) is 0 Å². The average molecular weight is 296 g/mol. The maximum atomic E-state index is 11.6. The van der Waals surface area contributed by atoms with E-state index in [1.165, 1.54) is 18.3 Å². The molecule has 0 spiro atoms. The van der Waals surface area contributed by atoms with E-state index >= 15 is 0 Å². The van der Waals surface area contributed by atoms with Gasteiger partial charge in [-0.15, -0.1) is 11.3 Å². The molecule has 2 rings (SSSR count). The first-order chi connectivity index (χ1) is 9.61. The van der Waals surface area contributed by atoms with E-state index in [4.69, 9.17) is 0 Å². The van der Waals surface area contributed by atoms with Gasteiger partial charge in [-0.3, -0.25) is 14.5 Å². The molecule has 2 amide bonds. The molecule has 20 heavy (non-hydrogen) atoms. The van der Waals surface area contributed by atoms with Crippen LogP contribution in [-0.2, 0) is 16.1 Å². The number of aromatic nitrogens is 1. The van der Waals surface area contributed by atoms with Crippen LogP contribution in [-0.4, -0.2) is 35.9 Å². The van der Waals surface area contributed by atoms with Crippen molar-refractivity contribution in [2.24, 2.45) is 0 Å². The normalized spacial score (nSPS) is 18.7. The quantitative estimate of drug-likeness (QED) is 0.846. The van der Waals surface area contributed by atoms with Gasteiger partial charge in [0, 0.05) is 31.9 Å². The second kappa shape index (κ2) is 6.81. The van der Waals surface area contributed by atoms with E-state index in [2.05, 4.69) is 15.6 Å². The van der Waals surface area contributed by atoms with Crippen LogP contribution in [0.15, 0.2) is 5.38 Å². The Hall–Kier alpha value is -1.47. The SMILES string of the molecule is CCN(C(C)=O)c1nc(CNC2CCCNC2=O)cs1. The molecule has 7 heteroatoms. The molecule has 0 bridgehead atoms. The van der Waals surface area contributed by atoms with Crippen LogP contribution in [0.4, 0.5) is 5.13 Å². The molecule has 1 aromatic rings. The van der Waals surface area contributed by atoms with Crippen LogP contribution >= 0.6 is 11.3 Å². The molecule has 2 N–H and O–H groups in total. The minimum atomic E-state index is -0.135. The highest BCUT2D eigenvalue weighted by Crippen LogP contribution is 2.20. The molecule has 0 aromatic carbocycles. The minimum absolute atomic E-state index is 0.00647. The van der Waals surface area contributed by atoms with Gasteiger partial charge >= 0.3 is 0 Å². The zero-order chi connectivity index (χ0) is 14.5. The number of piperidine rings is 1. The summed E-state index contributed by atoms with van der Waals surface area (Å²) in [6.07, 6.45) is 1.86. The van der Waals surface area contributed by atoms with Gasteiger partial charge in [0.05, 0.1) is 11.7 Å². The Labute approximate surface area is 122 Å². The lowest BCUT2D eigenvalue weighted by atomic mass is 10.1. The van der Waals surface area contributed by atoms with Crippen molar-refractivity contribution in [3.8, 4) is 0 Å². The van der Waals surface area contributed by atoms with Gasteiger partial charge < -0.3 is 10.6 Å². The summed E-state index contributed by atoms with van der Waals surface area (Å²) in [5, 5.41) is 8.70. The number of anilines is 1. The van der Waals surface area contributed by atoms with E-state index in [-0.39, 0.29) is 17.9 Å². The number of amides is 2. The molecule has 1 unspecified atom stereocenters. The Morgan fingerprint density at radius 2 is 2.45 bits per heavy atom. The number of carbonyl (C=O) groups is 2. The molecule has 0 radical (unpaired) electrons. The Bertz CT molecular complexity index is 488. The number of hydrogen-bond donors (Lipinski definition) is 2. The first-order valence-corrected chi connectivity index (χ1v) is 7.73. The molecule has 1 aromatic heterocycles. The number of rotatable bonds is 5. The van der Waals surface area contributed by atoms with Gasteiger partial charge in [0.15, 0.2) is 5.13 Å². The standard InChI is InChI=1S/C13H20N4O2S/c1-3-17(9(2)18)13-16-10(8-20-13)7-15-11-5-4-6-14-12(11)19/h8,11,15H,3-7H2,1-2H3,(H,14,19). The van der Waals surface area contributed by atoms with Gasteiger partial charge in [0.25, 0.3) is 0 Å². The van der Waals surface area contributed by atoms with Gasteiger partial charge in [-0.25, -0.2) is 4.98 Å². The van der Waals surface area contributed by atoms with Crippen LogP contribution in [0.1, 0.15) is 32.4 Å². The van der Waals surface area contributed by atoms with Crippen LogP contribution in [0.3, 0.4) is 0 Å². The molecule has 2 heterocycles. The Morgan fingerprint density at radius 3 is 3.10 bits per heavy atom. The monoisotopic (exact) mass is 296 g/mol. The molecule has 1 saturated heterocycles. The molecule has 0 saturated carbocycles. The summed E-state index contributed by atoms with van der Waals surface area (Å²) in [6.45, 7) is 5.38. The maximum absolute atomic E-state index is 11.6. The highest BCUT2D eigenvalue weighted by atomic mass is 32.1. The van der Waals surface area contributed by atoms with Crippen molar-refractivity contribution in [3.63, 3.8) is 0 Å². The van der Waals surface area contributed by atoms with E-state index in [9.17, 15) is 9.59 Å². The third-order valence-corrected chi connectivity index (χ3v) is 4.19. The number of nitrogens with one attached hydrogen (secondary N) is 2. The van der Waals surface area contributed by atoms with Crippen LogP contribution < -0.4 is 15.5 Å². The summed E-state index contributed by atoms with van der Waals surface area (Å²) in [4.78, 5) is 29.2. The Morgan fingerprint density at radius 1 is 1.65 bits per heavy atom. The largest absolute Gasteiger partial charge is 0.355 e. The lowest BCUT2D eigenvalue weighted by Crippen LogP contribution is -2.47. The van der Waals surface area contributed by atoms with Crippen molar-refractivity contribution in [3.05, 3.63) is 11.1 Å². The molecule has 1 aliphatic heterocycles. The molecular formula is C13H20N4O2S. The van der Waals surface area contributed by atoms with Gasteiger partial charge in [-0.2, -0.15) is 0 Å². The second-order valence-electron chi connectivity index (χ2n) is 4.75. The van der Waals surface area contributed by atoms with Crippen LogP contribution in [0, 0.1) is 0 Å². The molecule has 1 fully saturated rings. The Kier molecular flexibility index (Phi) is 5.08. The molecular weight excluding hydrogens is 276 g/mol. The van der Waals surface area contributed by atoms with Crippen LogP contribution in [0.25, 0.3) is 0 Å². The fourth-order valence-electron chi connectivity index (χ4n) is 2.19.